The average molecular weight is 357 g/mol. The van der Waals surface area contributed by atoms with Gasteiger partial charge in [0.1, 0.15) is 15.9 Å². The van der Waals surface area contributed by atoms with E-state index in [4.69, 9.17) is 5.11 Å². The number of aliphatic carboxylic acids is 1. The van der Waals surface area contributed by atoms with Crippen molar-refractivity contribution in [1.82, 2.24) is 4.72 Å². The first-order chi connectivity index (χ1) is 10.6. The predicted octanol–water partition coefficient (Wildman–Crippen LogP) is 0.616. The molecule has 2 aromatic rings. The molecule has 0 amide bonds. The van der Waals surface area contributed by atoms with Gasteiger partial charge in [0.15, 0.2) is 0 Å². The van der Waals surface area contributed by atoms with E-state index in [0.29, 0.717) is 10.8 Å². The smallest absolute Gasteiger partial charge is 0.322 e. The van der Waals surface area contributed by atoms with E-state index >= 15 is 0 Å². The van der Waals surface area contributed by atoms with Gasteiger partial charge in [0.2, 0.25) is 10.0 Å². The van der Waals surface area contributed by atoms with Crippen LogP contribution in [0.3, 0.4) is 0 Å². The monoisotopic (exact) mass is 357 g/mol. The van der Waals surface area contributed by atoms with Gasteiger partial charge in [-0.05, 0) is 11.5 Å². The highest BCUT2D eigenvalue weighted by Gasteiger charge is 2.29. The Labute approximate surface area is 133 Å². The molecule has 0 saturated carbocycles. The first kappa shape index (κ1) is 17.4. The van der Waals surface area contributed by atoms with Gasteiger partial charge < -0.3 is 5.11 Å². The molecule has 0 spiro atoms. The Balaban J connectivity index is 2.46. The maximum absolute atomic E-state index is 12.5. The largest absolute Gasteiger partial charge is 0.480 e. The summed E-state index contributed by atoms with van der Waals surface area (Å²) >= 11 is 0. The summed E-state index contributed by atoms with van der Waals surface area (Å²) in [6, 6.07) is 9.55. The highest BCUT2D eigenvalue weighted by atomic mass is 32.2. The molecule has 0 aromatic heterocycles. The standard InChI is InChI=1S/C14H15NO6S2/c1-22(18,19)9-12(14(16)17)15-23(20,21)13-8-4-6-10-5-2-3-7-11(10)13/h2-8,12,15H,9H2,1H3,(H,16,17)/t12-/m0/s1. The number of hydrogen-bond donors (Lipinski definition) is 2. The van der Waals surface area contributed by atoms with Crippen molar-refractivity contribution in [3.8, 4) is 0 Å². The van der Waals surface area contributed by atoms with Gasteiger partial charge in [-0.3, -0.25) is 4.79 Å². The summed E-state index contributed by atoms with van der Waals surface area (Å²) in [5, 5.41) is 10.2. The maximum Gasteiger partial charge on any atom is 0.322 e. The molecular weight excluding hydrogens is 342 g/mol. The molecule has 0 aliphatic rings. The Hall–Kier alpha value is -1.97. The molecular formula is C14H15NO6S2. The van der Waals surface area contributed by atoms with Crippen LogP contribution >= 0.6 is 0 Å². The van der Waals surface area contributed by atoms with Crippen LogP contribution in [0.15, 0.2) is 47.4 Å². The molecule has 9 heteroatoms. The van der Waals surface area contributed by atoms with Crippen LogP contribution < -0.4 is 4.72 Å². The number of fused-ring (bicyclic) bond motifs is 1. The first-order valence-electron chi connectivity index (χ1n) is 6.51. The molecule has 0 saturated heterocycles. The summed E-state index contributed by atoms with van der Waals surface area (Å²) in [4.78, 5) is 11.1. The molecule has 1 atom stereocenters. The SMILES string of the molecule is CS(=O)(=O)C[C@H](NS(=O)(=O)c1cccc2ccccc12)C(=O)O. The minimum Gasteiger partial charge on any atom is -0.480 e. The number of benzene rings is 2. The fourth-order valence-electron chi connectivity index (χ4n) is 2.14. The lowest BCUT2D eigenvalue weighted by Crippen LogP contribution is -2.45. The third kappa shape index (κ3) is 4.27. The number of carbonyl (C=O) groups is 1. The van der Waals surface area contributed by atoms with Crippen molar-refractivity contribution in [2.45, 2.75) is 10.9 Å². The van der Waals surface area contributed by atoms with E-state index in [1.54, 1.807) is 30.3 Å². The summed E-state index contributed by atoms with van der Waals surface area (Å²) in [6.45, 7) is 0. The maximum atomic E-state index is 12.5. The van der Waals surface area contributed by atoms with Gasteiger partial charge >= 0.3 is 5.97 Å². The van der Waals surface area contributed by atoms with E-state index in [-0.39, 0.29) is 4.90 Å². The van der Waals surface area contributed by atoms with Gasteiger partial charge in [0.05, 0.1) is 10.6 Å². The second kappa shape index (κ2) is 6.26. The van der Waals surface area contributed by atoms with Crippen molar-refractivity contribution in [2.24, 2.45) is 0 Å². The highest BCUT2D eigenvalue weighted by Crippen LogP contribution is 2.22. The third-order valence-corrected chi connectivity index (χ3v) is 5.57. The van der Waals surface area contributed by atoms with Crippen LogP contribution in [0.25, 0.3) is 10.8 Å². The van der Waals surface area contributed by atoms with Crippen LogP contribution in [0.5, 0.6) is 0 Å². The number of rotatable bonds is 6. The minimum atomic E-state index is -4.20. The number of nitrogens with one attached hydrogen (secondary N) is 1. The molecule has 124 valence electrons. The summed E-state index contributed by atoms with van der Waals surface area (Å²) in [7, 11) is -7.87. The van der Waals surface area contributed by atoms with E-state index in [1.807, 2.05) is 4.72 Å². The van der Waals surface area contributed by atoms with E-state index in [1.165, 1.54) is 12.1 Å². The van der Waals surface area contributed by atoms with Gasteiger partial charge in [0.25, 0.3) is 0 Å². The zero-order chi connectivity index (χ0) is 17.3. The van der Waals surface area contributed by atoms with E-state index in [0.717, 1.165) is 6.26 Å². The number of carboxylic acid groups (broad SMARTS) is 1. The van der Waals surface area contributed by atoms with Gasteiger partial charge in [-0.2, -0.15) is 4.72 Å². The van der Waals surface area contributed by atoms with Crippen molar-refractivity contribution < 1.29 is 26.7 Å². The normalized spacial score (nSPS) is 13.8. The van der Waals surface area contributed by atoms with Crippen molar-refractivity contribution in [1.29, 1.82) is 0 Å². The van der Waals surface area contributed by atoms with Gasteiger partial charge in [0, 0.05) is 11.6 Å². The Kier molecular flexibility index (Phi) is 4.73. The fraction of sp³-hybridized carbons (Fsp3) is 0.214. The number of carboxylic acids is 1. The lowest BCUT2D eigenvalue weighted by molar-refractivity contribution is -0.138. The predicted molar refractivity (Wildman–Crippen MR) is 85.4 cm³/mol. The number of sulfone groups is 1. The molecule has 0 radical (unpaired) electrons. The van der Waals surface area contributed by atoms with Crippen molar-refractivity contribution in [3.63, 3.8) is 0 Å². The zero-order valence-electron chi connectivity index (χ0n) is 12.1. The van der Waals surface area contributed by atoms with E-state index in [2.05, 4.69) is 0 Å². The summed E-state index contributed by atoms with van der Waals surface area (Å²) in [5.41, 5.74) is 0. The molecule has 2 rings (SSSR count). The lowest BCUT2D eigenvalue weighted by atomic mass is 10.1. The van der Waals surface area contributed by atoms with Crippen molar-refractivity contribution >= 4 is 36.6 Å². The Morgan fingerprint density at radius 1 is 1.09 bits per heavy atom. The molecule has 2 aromatic carbocycles. The fourth-order valence-corrected chi connectivity index (χ4v) is 4.49. The summed E-state index contributed by atoms with van der Waals surface area (Å²) < 4.78 is 49.5. The van der Waals surface area contributed by atoms with Gasteiger partial charge in [-0.25, -0.2) is 16.8 Å². The Bertz CT molecular complexity index is 945. The molecule has 0 unspecified atom stereocenters. The molecule has 0 heterocycles. The number of sulfonamides is 1. The van der Waals surface area contributed by atoms with Crippen LogP contribution in [0.1, 0.15) is 0 Å². The third-order valence-electron chi connectivity index (χ3n) is 3.10. The second-order valence-corrected chi connectivity index (χ2v) is 8.95. The van der Waals surface area contributed by atoms with Crippen molar-refractivity contribution in [3.05, 3.63) is 42.5 Å². The molecule has 0 bridgehead atoms. The van der Waals surface area contributed by atoms with E-state index < -0.39 is 37.6 Å². The Morgan fingerprint density at radius 3 is 2.30 bits per heavy atom. The molecule has 0 fully saturated rings. The first-order valence-corrected chi connectivity index (χ1v) is 10.1. The minimum absolute atomic E-state index is 0.102. The van der Waals surface area contributed by atoms with Crippen LogP contribution in [0.2, 0.25) is 0 Å². The topological polar surface area (TPSA) is 118 Å². The van der Waals surface area contributed by atoms with Gasteiger partial charge in [-0.15, -0.1) is 0 Å². The zero-order valence-corrected chi connectivity index (χ0v) is 13.8. The van der Waals surface area contributed by atoms with Crippen LogP contribution in [-0.4, -0.2) is 46.0 Å². The van der Waals surface area contributed by atoms with Gasteiger partial charge in [-0.1, -0.05) is 36.4 Å². The average Bonchev–Trinajstić information content (AvgIpc) is 2.44. The summed E-state index contributed by atoms with van der Waals surface area (Å²) in [5.74, 6) is -2.38. The molecule has 0 aliphatic heterocycles. The molecule has 2 N–H and O–H groups in total. The number of hydrogen-bond acceptors (Lipinski definition) is 5. The van der Waals surface area contributed by atoms with E-state index in [9.17, 15) is 21.6 Å². The van der Waals surface area contributed by atoms with Crippen LogP contribution in [0.4, 0.5) is 0 Å². The highest BCUT2D eigenvalue weighted by molar-refractivity contribution is 7.91. The van der Waals surface area contributed by atoms with Crippen LogP contribution in [-0.2, 0) is 24.7 Å². The Morgan fingerprint density at radius 2 is 1.70 bits per heavy atom. The molecule has 23 heavy (non-hydrogen) atoms. The second-order valence-electron chi connectivity index (χ2n) is 5.08. The lowest BCUT2D eigenvalue weighted by Gasteiger charge is -2.15. The summed E-state index contributed by atoms with van der Waals surface area (Å²) in [6.07, 6.45) is 0.842. The molecule has 7 nitrogen and oxygen atoms in total. The molecule has 0 aliphatic carbocycles. The van der Waals surface area contributed by atoms with Crippen LogP contribution in [0, 0.1) is 0 Å². The van der Waals surface area contributed by atoms with Crippen molar-refractivity contribution in [2.75, 3.05) is 12.0 Å². The quantitative estimate of drug-likeness (QED) is 0.782.